The Bertz CT molecular complexity index is 732. The van der Waals surface area contributed by atoms with E-state index in [0.717, 1.165) is 0 Å². The van der Waals surface area contributed by atoms with Crippen molar-refractivity contribution in [2.45, 2.75) is 40.3 Å². The highest BCUT2D eigenvalue weighted by molar-refractivity contribution is 5.70. The molecule has 0 unspecified atom stereocenters. The number of rotatable bonds is 5. The van der Waals surface area contributed by atoms with E-state index in [9.17, 15) is 9.59 Å². The average molecular weight is 291 g/mol. The van der Waals surface area contributed by atoms with Crippen molar-refractivity contribution in [2.75, 3.05) is 0 Å². The smallest absolute Gasteiger partial charge is 0.348 e. The van der Waals surface area contributed by atoms with Gasteiger partial charge in [-0.25, -0.2) is 4.79 Å². The number of aromatic nitrogens is 5. The van der Waals surface area contributed by atoms with Gasteiger partial charge in [0.2, 0.25) is 0 Å². The van der Waals surface area contributed by atoms with Gasteiger partial charge in [0, 0.05) is 23.5 Å². The molecule has 21 heavy (non-hydrogen) atoms. The molecule has 0 radical (unpaired) electrons. The first-order chi connectivity index (χ1) is 9.93. The van der Waals surface area contributed by atoms with Gasteiger partial charge in [0.1, 0.15) is 6.33 Å². The van der Waals surface area contributed by atoms with Crippen LogP contribution in [0.3, 0.4) is 0 Å². The normalized spacial score (nSPS) is 10.8. The molecular weight excluding hydrogens is 274 g/mol. The van der Waals surface area contributed by atoms with Crippen LogP contribution in [0.4, 0.5) is 0 Å². The minimum Gasteiger partial charge on any atom is -0.481 e. The molecule has 8 nitrogen and oxygen atoms in total. The van der Waals surface area contributed by atoms with Crippen molar-refractivity contribution in [1.82, 2.24) is 24.3 Å². The molecule has 0 amide bonds. The van der Waals surface area contributed by atoms with Gasteiger partial charge in [0.15, 0.2) is 5.82 Å². The molecule has 2 aromatic rings. The van der Waals surface area contributed by atoms with Crippen LogP contribution >= 0.6 is 0 Å². The number of aryl methyl sites for hydroxylation is 2. The van der Waals surface area contributed by atoms with Crippen LogP contribution in [0.1, 0.15) is 29.7 Å². The molecule has 1 N–H and O–H groups in total. The fourth-order valence-corrected chi connectivity index (χ4v) is 2.24. The van der Waals surface area contributed by atoms with Crippen molar-refractivity contribution in [2.24, 2.45) is 0 Å². The molecule has 0 saturated carbocycles. The van der Waals surface area contributed by atoms with E-state index in [-0.39, 0.29) is 13.0 Å². The van der Waals surface area contributed by atoms with Crippen LogP contribution in [-0.2, 0) is 24.3 Å². The highest BCUT2D eigenvalue weighted by atomic mass is 16.4. The summed E-state index contributed by atoms with van der Waals surface area (Å²) in [5.41, 5.74) is 1.20. The lowest BCUT2D eigenvalue weighted by Gasteiger charge is -2.14. The van der Waals surface area contributed by atoms with Gasteiger partial charge in [-0.05, 0) is 20.8 Å². The summed E-state index contributed by atoms with van der Waals surface area (Å²) in [5.74, 6) is -0.320. The second kappa shape index (κ2) is 5.86. The molecule has 112 valence electrons. The van der Waals surface area contributed by atoms with Gasteiger partial charge in [-0.15, -0.1) is 10.2 Å². The number of carboxylic acid groups (broad SMARTS) is 1. The second-order valence-corrected chi connectivity index (χ2v) is 4.73. The Hall–Kier alpha value is -2.51. The highest BCUT2D eigenvalue weighted by Gasteiger charge is 2.15. The SMILES string of the molecule is CCn1cnnc1Cn1c(C)c(CC(=O)O)c(C)nc1=O. The van der Waals surface area contributed by atoms with Crippen molar-refractivity contribution in [1.29, 1.82) is 0 Å². The minimum absolute atomic E-state index is 0.161. The molecule has 2 rings (SSSR count). The number of hydrogen-bond donors (Lipinski definition) is 1. The maximum atomic E-state index is 12.1. The summed E-state index contributed by atoms with van der Waals surface area (Å²) in [6.45, 7) is 6.23. The maximum absolute atomic E-state index is 12.1. The maximum Gasteiger partial charge on any atom is 0.348 e. The molecule has 0 aliphatic rings. The van der Waals surface area contributed by atoms with E-state index >= 15 is 0 Å². The Morgan fingerprint density at radius 1 is 1.38 bits per heavy atom. The first kappa shape index (κ1) is 14.9. The predicted octanol–water partition coefficient (Wildman–Crippen LogP) is 0.147. The van der Waals surface area contributed by atoms with Crippen LogP contribution in [0.15, 0.2) is 11.1 Å². The molecule has 0 bridgehead atoms. The van der Waals surface area contributed by atoms with E-state index in [1.807, 2.05) is 11.5 Å². The van der Waals surface area contributed by atoms with Gasteiger partial charge in [0.05, 0.1) is 13.0 Å². The first-order valence-electron chi connectivity index (χ1n) is 6.59. The fraction of sp³-hybridized carbons (Fsp3) is 0.462. The van der Waals surface area contributed by atoms with Crippen LogP contribution in [0, 0.1) is 13.8 Å². The summed E-state index contributed by atoms with van der Waals surface area (Å²) in [6, 6.07) is 0. The number of carbonyl (C=O) groups is 1. The largest absolute Gasteiger partial charge is 0.481 e. The molecule has 0 aromatic carbocycles. The summed E-state index contributed by atoms with van der Waals surface area (Å²) in [6.07, 6.45) is 1.43. The Balaban J connectivity index is 2.48. The zero-order valence-corrected chi connectivity index (χ0v) is 12.2. The van der Waals surface area contributed by atoms with Crippen LogP contribution in [0.25, 0.3) is 0 Å². The Morgan fingerprint density at radius 2 is 2.10 bits per heavy atom. The van der Waals surface area contributed by atoms with Crippen molar-refractivity contribution in [3.63, 3.8) is 0 Å². The Morgan fingerprint density at radius 3 is 2.71 bits per heavy atom. The van der Waals surface area contributed by atoms with Gasteiger partial charge < -0.3 is 9.67 Å². The van der Waals surface area contributed by atoms with Gasteiger partial charge in [-0.2, -0.15) is 4.98 Å². The summed E-state index contributed by atoms with van der Waals surface area (Å²) < 4.78 is 3.25. The monoisotopic (exact) mass is 291 g/mol. The highest BCUT2D eigenvalue weighted by Crippen LogP contribution is 2.11. The summed E-state index contributed by atoms with van der Waals surface area (Å²) in [7, 11) is 0. The molecule has 2 heterocycles. The third kappa shape index (κ3) is 2.99. The lowest BCUT2D eigenvalue weighted by Crippen LogP contribution is -2.29. The molecule has 0 aliphatic heterocycles. The molecule has 0 fully saturated rings. The van der Waals surface area contributed by atoms with E-state index in [0.29, 0.717) is 29.3 Å². The topological polar surface area (TPSA) is 103 Å². The second-order valence-electron chi connectivity index (χ2n) is 4.73. The van der Waals surface area contributed by atoms with Gasteiger partial charge in [0.25, 0.3) is 0 Å². The minimum atomic E-state index is -0.954. The number of carboxylic acids is 1. The molecule has 2 aromatic heterocycles. The molecule has 0 aliphatic carbocycles. The molecule has 8 heteroatoms. The zero-order chi connectivity index (χ0) is 15.6. The van der Waals surface area contributed by atoms with Crippen molar-refractivity contribution in [3.8, 4) is 0 Å². The van der Waals surface area contributed by atoms with Gasteiger partial charge in [-0.1, -0.05) is 0 Å². The quantitative estimate of drug-likeness (QED) is 0.841. The van der Waals surface area contributed by atoms with Crippen LogP contribution in [0.5, 0.6) is 0 Å². The van der Waals surface area contributed by atoms with E-state index in [2.05, 4.69) is 15.2 Å². The average Bonchev–Trinajstić information content (AvgIpc) is 2.86. The lowest BCUT2D eigenvalue weighted by atomic mass is 10.1. The van der Waals surface area contributed by atoms with E-state index < -0.39 is 11.7 Å². The first-order valence-corrected chi connectivity index (χ1v) is 6.59. The van der Waals surface area contributed by atoms with Gasteiger partial charge >= 0.3 is 11.7 Å². The van der Waals surface area contributed by atoms with Crippen molar-refractivity contribution >= 4 is 5.97 Å². The van der Waals surface area contributed by atoms with Crippen molar-refractivity contribution in [3.05, 3.63) is 39.6 Å². The van der Waals surface area contributed by atoms with Gasteiger partial charge in [-0.3, -0.25) is 9.36 Å². The standard InChI is InChI=1S/C13H17N5O3/c1-4-17-7-14-16-11(17)6-18-9(3)10(5-12(19)20)8(2)15-13(18)21/h7H,4-6H2,1-3H3,(H,19,20). The van der Waals surface area contributed by atoms with E-state index in [1.165, 1.54) is 4.57 Å². The van der Waals surface area contributed by atoms with Crippen LogP contribution in [0.2, 0.25) is 0 Å². The lowest BCUT2D eigenvalue weighted by molar-refractivity contribution is -0.136. The van der Waals surface area contributed by atoms with Crippen LogP contribution < -0.4 is 5.69 Å². The Kier molecular flexibility index (Phi) is 4.15. The Labute approximate surface area is 121 Å². The van der Waals surface area contributed by atoms with Crippen molar-refractivity contribution < 1.29 is 9.90 Å². The molecule has 0 atom stereocenters. The number of aliphatic carboxylic acids is 1. The summed E-state index contributed by atoms with van der Waals surface area (Å²) in [5, 5.41) is 16.8. The summed E-state index contributed by atoms with van der Waals surface area (Å²) in [4.78, 5) is 26.9. The molecule has 0 spiro atoms. The van der Waals surface area contributed by atoms with E-state index in [1.54, 1.807) is 20.2 Å². The number of hydrogen-bond acceptors (Lipinski definition) is 5. The molecular formula is C13H17N5O3. The number of nitrogens with zero attached hydrogens (tertiary/aromatic N) is 5. The third-order valence-corrected chi connectivity index (χ3v) is 3.44. The fourth-order valence-electron chi connectivity index (χ4n) is 2.24. The predicted molar refractivity (Wildman–Crippen MR) is 74.1 cm³/mol. The zero-order valence-electron chi connectivity index (χ0n) is 12.2. The van der Waals surface area contributed by atoms with Crippen LogP contribution in [-0.4, -0.2) is 35.4 Å². The summed E-state index contributed by atoms with van der Waals surface area (Å²) >= 11 is 0. The molecule has 0 saturated heterocycles. The third-order valence-electron chi connectivity index (χ3n) is 3.44. The van der Waals surface area contributed by atoms with E-state index in [4.69, 9.17) is 5.11 Å².